The first-order chi connectivity index (χ1) is 7.99. The molecule has 0 atom stereocenters. The molecule has 0 aliphatic heterocycles. The van der Waals surface area contributed by atoms with E-state index in [-0.39, 0.29) is 17.1 Å². The Labute approximate surface area is 109 Å². The Morgan fingerprint density at radius 2 is 1.94 bits per heavy atom. The van der Waals surface area contributed by atoms with Crippen LogP contribution in [0.25, 0.3) is 5.69 Å². The molecule has 2 rings (SSSR count). The van der Waals surface area contributed by atoms with E-state index in [2.05, 4.69) is 5.10 Å². The van der Waals surface area contributed by atoms with Crippen molar-refractivity contribution in [2.24, 2.45) is 5.73 Å². The van der Waals surface area contributed by atoms with Gasteiger partial charge in [-0.2, -0.15) is 5.10 Å². The molecule has 2 aromatic rings. The normalized spacial score (nSPS) is 10.5. The number of nitrogens with one attached hydrogen (secondary N) is 1. The number of nitrogens with two attached hydrogens (primary N) is 1. The van der Waals surface area contributed by atoms with Gasteiger partial charge in [0.15, 0.2) is 11.6 Å². The van der Waals surface area contributed by atoms with Gasteiger partial charge in [-0.05, 0) is 34.7 Å². The van der Waals surface area contributed by atoms with Crippen molar-refractivity contribution in [3.8, 4) is 5.69 Å². The molecule has 0 bridgehead atoms. The second-order valence-corrected chi connectivity index (χ2v) is 4.55. The Balaban J connectivity index is 2.60. The fraction of sp³-hybridized carbons (Fsp3) is 0. The van der Waals surface area contributed by atoms with E-state index in [0.29, 0.717) is 0 Å². The molecule has 0 aliphatic carbocycles. The van der Waals surface area contributed by atoms with Crippen molar-refractivity contribution in [2.75, 3.05) is 0 Å². The number of nitrogen functional groups attached to an aromatic ring is 1. The van der Waals surface area contributed by atoms with Crippen LogP contribution in [0.1, 0.15) is 5.56 Å². The van der Waals surface area contributed by atoms with Crippen LogP contribution in [0.15, 0.2) is 24.5 Å². The summed E-state index contributed by atoms with van der Waals surface area (Å²) in [5, 5.41) is 11.0. The van der Waals surface area contributed by atoms with Gasteiger partial charge in [0.25, 0.3) is 0 Å². The predicted molar refractivity (Wildman–Crippen MR) is 67.2 cm³/mol. The van der Waals surface area contributed by atoms with Crippen LogP contribution in [0.3, 0.4) is 0 Å². The highest BCUT2D eigenvalue weighted by Gasteiger charge is 2.15. The highest BCUT2D eigenvalue weighted by atomic mass is 127. The minimum Gasteiger partial charge on any atom is -0.384 e. The SMILES string of the molecule is N=C(N)c1cc(F)c(-n2cc(I)cn2)c(F)c1. The van der Waals surface area contributed by atoms with Gasteiger partial charge in [-0.25, -0.2) is 13.5 Å². The molecule has 3 N–H and O–H groups in total. The Hall–Kier alpha value is -1.51. The average molecular weight is 348 g/mol. The van der Waals surface area contributed by atoms with E-state index in [9.17, 15) is 8.78 Å². The second-order valence-electron chi connectivity index (χ2n) is 3.31. The van der Waals surface area contributed by atoms with Gasteiger partial charge in [0.1, 0.15) is 11.5 Å². The van der Waals surface area contributed by atoms with E-state index in [1.807, 2.05) is 22.6 Å². The molecule has 0 saturated carbocycles. The molecule has 0 radical (unpaired) electrons. The Morgan fingerprint density at radius 1 is 1.35 bits per heavy atom. The summed E-state index contributed by atoms with van der Waals surface area (Å²) in [6.07, 6.45) is 2.98. The fourth-order valence-electron chi connectivity index (χ4n) is 1.36. The molecule has 7 heteroatoms. The highest BCUT2D eigenvalue weighted by molar-refractivity contribution is 14.1. The maximum atomic E-state index is 13.7. The topological polar surface area (TPSA) is 67.7 Å². The first-order valence-electron chi connectivity index (χ1n) is 4.53. The molecule has 0 unspecified atom stereocenters. The van der Waals surface area contributed by atoms with Crippen LogP contribution < -0.4 is 5.73 Å². The van der Waals surface area contributed by atoms with Crippen molar-refractivity contribution in [2.45, 2.75) is 0 Å². The lowest BCUT2D eigenvalue weighted by Gasteiger charge is -2.07. The Bertz CT molecular complexity index is 571. The van der Waals surface area contributed by atoms with E-state index in [1.165, 1.54) is 12.4 Å². The van der Waals surface area contributed by atoms with E-state index in [0.717, 1.165) is 20.4 Å². The quantitative estimate of drug-likeness (QED) is 0.496. The number of hydrogen-bond acceptors (Lipinski definition) is 2. The third kappa shape index (κ3) is 2.28. The zero-order valence-corrected chi connectivity index (χ0v) is 10.6. The Morgan fingerprint density at radius 3 is 2.35 bits per heavy atom. The van der Waals surface area contributed by atoms with Gasteiger partial charge in [-0.3, -0.25) is 5.41 Å². The molecule has 0 amide bonds. The van der Waals surface area contributed by atoms with Crippen LogP contribution >= 0.6 is 22.6 Å². The van der Waals surface area contributed by atoms with Gasteiger partial charge >= 0.3 is 0 Å². The van der Waals surface area contributed by atoms with Crippen LogP contribution in [-0.2, 0) is 0 Å². The van der Waals surface area contributed by atoms with Crippen molar-refractivity contribution in [1.82, 2.24) is 9.78 Å². The highest BCUT2D eigenvalue weighted by Crippen LogP contribution is 2.20. The third-order valence-corrected chi connectivity index (χ3v) is 2.67. The summed E-state index contributed by atoms with van der Waals surface area (Å²) in [5.41, 5.74) is 4.90. The molecule has 0 aliphatic rings. The van der Waals surface area contributed by atoms with Gasteiger partial charge in [0.2, 0.25) is 0 Å². The smallest absolute Gasteiger partial charge is 0.152 e. The van der Waals surface area contributed by atoms with E-state index < -0.39 is 11.6 Å². The van der Waals surface area contributed by atoms with Crippen LogP contribution in [-0.4, -0.2) is 15.6 Å². The molecule has 88 valence electrons. The lowest BCUT2D eigenvalue weighted by atomic mass is 10.1. The maximum Gasteiger partial charge on any atom is 0.152 e. The zero-order chi connectivity index (χ0) is 12.6. The number of halogens is 3. The molecule has 4 nitrogen and oxygen atoms in total. The molecule has 17 heavy (non-hydrogen) atoms. The summed E-state index contributed by atoms with van der Waals surface area (Å²) >= 11 is 1.99. The van der Waals surface area contributed by atoms with Gasteiger partial charge < -0.3 is 5.73 Å². The Kier molecular flexibility index (Phi) is 3.09. The second kappa shape index (κ2) is 4.40. The lowest BCUT2D eigenvalue weighted by Crippen LogP contribution is -2.13. The number of amidine groups is 1. The first-order valence-corrected chi connectivity index (χ1v) is 5.61. The molecule has 0 saturated heterocycles. The number of nitrogens with zero attached hydrogens (tertiary/aromatic N) is 2. The molecule has 1 aromatic carbocycles. The van der Waals surface area contributed by atoms with Crippen LogP contribution in [0.2, 0.25) is 0 Å². The van der Waals surface area contributed by atoms with Crippen molar-refractivity contribution in [3.63, 3.8) is 0 Å². The summed E-state index contributed by atoms with van der Waals surface area (Å²) in [4.78, 5) is 0. The van der Waals surface area contributed by atoms with E-state index in [4.69, 9.17) is 11.1 Å². The summed E-state index contributed by atoms with van der Waals surface area (Å²) in [5.74, 6) is -2.01. The van der Waals surface area contributed by atoms with Crippen LogP contribution in [0.5, 0.6) is 0 Å². The third-order valence-electron chi connectivity index (χ3n) is 2.11. The number of hydrogen-bond donors (Lipinski definition) is 2. The summed E-state index contributed by atoms with van der Waals surface area (Å²) in [6.45, 7) is 0. The van der Waals surface area contributed by atoms with Crippen LogP contribution in [0.4, 0.5) is 8.78 Å². The average Bonchev–Trinajstić information content (AvgIpc) is 2.63. The number of rotatable bonds is 2. The summed E-state index contributed by atoms with van der Waals surface area (Å²) in [6, 6.07) is 2.02. The minimum absolute atomic E-state index is 0.00519. The minimum atomic E-state index is -0.810. The fourth-order valence-corrected chi connectivity index (χ4v) is 1.75. The molecule has 1 heterocycles. The molecule has 0 fully saturated rings. The van der Waals surface area contributed by atoms with Gasteiger partial charge in [-0.15, -0.1) is 0 Å². The molecular formula is C10H7F2IN4. The van der Waals surface area contributed by atoms with Crippen molar-refractivity contribution in [3.05, 3.63) is 45.3 Å². The van der Waals surface area contributed by atoms with E-state index >= 15 is 0 Å². The number of benzene rings is 1. The van der Waals surface area contributed by atoms with Crippen molar-refractivity contribution >= 4 is 28.4 Å². The van der Waals surface area contributed by atoms with Crippen LogP contribution in [0, 0.1) is 20.6 Å². The lowest BCUT2D eigenvalue weighted by molar-refractivity contribution is 0.559. The molecule has 0 spiro atoms. The first kappa shape index (κ1) is 12.0. The predicted octanol–water partition coefficient (Wildman–Crippen LogP) is 2.04. The van der Waals surface area contributed by atoms with Gasteiger partial charge in [-0.1, -0.05) is 0 Å². The maximum absolute atomic E-state index is 13.7. The summed E-state index contributed by atoms with van der Waals surface area (Å²) in [7, 11) is 0. The largest absolute Gasteiger partial charge is 0.384 e. The molecule has 1 aromatic heterocycles. The molecular weight excluding hydrogens is 341 g/mol. The zero-order valence-electron chi connectivity index (χ0n) is 8.42. The van der Waals surface area contributed by atoms with E-state index in [1.54, 1.807) is 0 Å². The van der Waals surface area contributed by atoms with Crippen molar-refractivity contribution < 1.29 is 8.78 Å². The van der Waals surface area contributed by atoms with Gasteiger partial charge in [0, 0.05) is 11.8 Å². The summed E-state index contributed by atoms with van der Waals surface area (Å²) < 4.78 is 29.3. The van der Waals surface area contributed by atoms with Crippen molar-refractivity contribution in [1.29, 1.82) is 5.41 Å². The standard InChI is InChI=1S/C10H7F2IN4/c11-7-1-5(10(14)15)2-8(12)9(7)17-4-6(13)3-16-17/h1-4H,(H3,14,15). The monoisotopic (exact) mass is 348 g/mol. The van der Waals surface area contributed by atoms with Gasteiger partial charge in [0.05, 0.1) is 9.77 Å². The number of aromatic nitrogens is 2.